The summed E-state index contributed by atoms with van der Waals surface area (Å²) >= 11 is 0. The number of carbonyl (C=O) groups is 1. The van der Waals surface area contributed by atoms with Crippen LogP contribution in [-0.4, -0.2) is 85.1 Å². The fourth-order valence-electron chi connectivity index (χ4n) is 7.93. The number of nitrogens with one attached hydrogen (secondary N) is 2. The van der Waals surface area contributed by atoms with E-state index in [4.69, 9.17) is 18.9 Å². The number of ether oxygens (including phenoxy) is 4. The molecule has 1 aliphatic carbocycles. The Kier molecular flexibility index (Phi) is 9.45. The zero-order valence-corrected chi connectivity index (χ0v) is 27.7. The molecule has 2 N–H and O–H groups in total. The first-order chi connectivity index (χ1) is 21.6. The second kappa shape index (κ2) is 13.3. The van der Waals surface area contributed by atoms with E-state index in [0.717, 1.165) is 69.4 Å². The molecule has 0 spiro atoms. The fraction of sp³-hybridized carbons (Fsp3) is 0.657. The maximum Gasteiger partial charge on any atom is 0.256 e. The molecule has 4 aliphatic rings. The van der Waals surface area contributed by atoms with Gasteiger partial charge in [0.25, 0.3) is 11.5 Å². The highest BCUT2D eigenvalue weighted by atomic mass is 16.5. The van der Waals surface area contributed by atoms with E-state index >= 15 is 0 Å². The van der Waals surface area contributed by atoms with Crippen molar-refractivity contribution in [2.75, 3.05) is 31.6 Å². The predicted octanol–water partition coefficient (Wildman–Crippen LogP) is 4.49. The van der Waals surface area contributed by atoms with Gasteiger partial charge in [0.15, 0.2) is 0 Å². The first-order valence-corrected chi connectivity index (χ1v) is 16.8. The van der Waals surface area contributed by atoms with Gasteiger partial charge in [-0.3, -0.25) is 14.5 Å². The second-order valence-electron chi connectivity index (χ2n) is 13.6. The summed E-state index contributed by atoms with van der Waals surface area (Å²) in [5.74, 6) is 0.931. The van der Waals surface area contributed by atoms with Crippen LogP contribution in [0.4, 0.5) is 5.69 Å². The largest absolute Gasteiger partial charge is 0.496 e. The lowest BCUT2D eigenvalue weighted by atomic mass is 9.87. The lowest BCUT2D eigenvalue weighted by molar-refractivity contribution is -0.103. The van der Waals surface area contributed by atoms with Gasteiger partial charge in [-0.15, -0.1) is 0 Å². The van der Waals surface area contributed by atoms with Crippen molar-refractivity contribution in [3.63, 3.8) is 0 Å². The number of hydrogen-bond acceptors (Lipinski definition) is 8. The normalized spacial score (nSPS) is 29.6. The number of amides is 1. The summed E-state index contributed by atoms with van der Waals surface area (Å²) in [5, 5.41) is 2.99. The Morgan fingerprint density at radius 2 is 1.73 bits per heavy atom. The van der Waals surface area contributed by atoms with Crippen molar-refractivity contribution in [3.8, 4) is 11.5 Å². The molecule has 45 heavy (non-hydrogen) atoms. The van der Waals surface area contributed by atoms with E-state index in [-0.39, 0.29) is 36.3 Å². The van der Waals surface area contributed by atoms with Gasteiger partial charge in [-0.05, 0) is 78.0 Å². The Hall–Kier alpha value is -3.08. The van der Waals surface area contributed by atoms with Gasteiger partial charge in [0.1, 0.15) is 17.6 Å². The van der Waals surface area contributed by atoms with E-state index in [1.54, 1.807) is 13.0 Å². The van der Waals surface area contributed by atoms with Crippen molar-refractivity contribution < 1.29 is 23.7 Å². The molecule has 4 atom stereocenters. The van der Waals surface area contributed by atoms with Crippen LogP contribution in [0.15, 0.2) is 23.0 Å². The Morgan fingerprint density at radius 3 is 2.38 bits per heavy atom. The Morgan fingerprint density at radius 1 is 1.04 bits per heavy atom. The minimum absolute atomic E-state index is 0.0546. The van der Waals surface area contributed by atoms with Gasteiger partial charge in [-0.25, -0.2) is 0 Å². The molecule has 3 saturated heterocycles. The number of morpholine rings is 1. The lowest BCUT2D eigenvalue weighted by Crippen LogP contribution is -2.56. The molecule has 10 nitrogen and oxygen atoms in total. The van der Waals surface area contributed by atoms with E-state index < -0.39 is 0 Å². The van der Waals surface area contributed by atoms with E-state index in [2.05, 4.69) is 46.9 Å². The van der Waals surface area contributed by atoms with Crippen molar-refractivity contribution in [1.82, 2.24) is 15.2 Å². The summed E-state index contributed by atoms with van der Waals surface area (Å²) in [5.41, 5.74) is 3.33. The maximum atomic E-state index is 13.8. The lowest BCUT2D eigenvalue weighted by Gasteiger charge is -2.47. The van der Waals surface area contributed by atoms with E-state index in [0.29, 0.717) is 52.6 Å². The molecule has 10 heteroatoms. The van der Waals surface area contributed by atoms with E-state index in [1.165, 1.54) is 7.11 Å². The summed E-state index contributed by atoms with van der Waals surface area (Å²) in [6, 6.07) is 6.61. The summed E-state index contributed by atoms with van der Waals surface area (Å²) in [7, 11) is 1.53. The number of aromatic nitrogens is 1. The van der Waals surface area contributed by atoms with Crippen LogP contribution in [0.2, 0.25) is 0 Å². The van der Waals surface area contributed by atoms with Gasteiger partial charge in [0.05, 0.1) is 43.6 Å². The molecule has 246 valence electrons. The summed E-state index contributed by atoms with van der Waals surface area (Å²) in [6.45, 7) is 13.1. The van der Waals surface area contributed by atoms with Gasteiger partial charge in [0.2, 0.25) is 0 Å². The molecular formula is C35H50N4O6. The molecule has 2 aromatic rings. The molecule has 3 aliphatic heterocycles. The van der Waals surface area contributed by atoms with Gasteiger partial charge in [-0.1, -0.05) is 0 Å². The van der Waals surface area contributed by atoms with Crippen LogP contribution in [0.3, 0.4) is 0 Å². The van der Waals surface area contributed by atoms with Crippen molar-refractivity contribution >= 4 is 11.6 Å². The quantitative estimate of drug-likeness (QED) is 0.400. The van der Waals surface area contributed by atoms with Crippen LogP contribution in [0.5, 0.6) is 11.5 Å². The molecule has 1 aromatic carbocycles. The van der Waals surface area contributed by atoms with Crippen LogP contribution in [-0.2, 0) is 16.0 Å². The Balaban J connectivity index is 1.24. The SMILES string of the molecule is CCN(c1cc(OC2CC(N3C[C@@H](C)O[C@@H](C)C3)C2)cc(C(=O)NCc2c(OC)cc(C)[nH]c2=O)c1C)C1CC2CCC(C1)O2. The van der Waals surface area contributed by atoms with Crippen LogP contribution < -0.4 is 25.2 Å². The number of fused-ring (bicyclic) bond motifs is 2. The average Bonchev–Trinajstić information content (AvgIpc) is 3.31. The van der Waals surface area contributed by atoms with Gasteiger partial charge in [-0.2, -0.15) is 0 Å². The third-order valence-corrected chi connectivity index (χ3v) is 10.2. The van der Waals surface area contributed by atoms with Crippen molar-refractivity contribution in [1.29, 1.82) is 0 Å². The van der Waals surface area contributed by atoms with E-state index in [9.17, 15) is 9.59 Å². The minimum atomic E-state index is -0.267. The molecule has 1 aromatic heterocycles. The number of carbonyl (C=O) groups excluding carboxylic acids is 1. The number of methoxy groups -OCH3 is 1. The monoisotopic (exact) mass is 622 g/mol. The third kappa shape index (κ3) is 6.88. The first kappa shape index (κ1) is 31.9. The van der Waals surface area contributed by atoms with Crippen LogP contribution in [0.1, 0.15) is 86.5 Å². The predicted molar refractivity (Wildman–Crippen MR) is 174 cm³/mol. The average molecular weight is 623 g/mol. The number of benzene rings is 1. The topological polar surface area (TPSA) is 105 Å². The number of aromatic amines is 1. The number of anilines is 1. The smallest absolute Gasteiger partial charge is 0.256 e. The first-order valence-electron chi connectivity index (χ1n) is 16.8. The summed E-state index contributed by atoms with van der Waals surface area (Å²) < 4.78 is 24.2. The highest BCUT2D eigenvalue weighted by Gasteiger charge is 2.40. The number of rotatable bonds is 10. The Labute approximate surface area is 266 Å². The number of pyridine rings is 1. The van der Waals surface area contributed by atoms with Crippen LogP contribution in [0.25, 0.3) is 0 Å². The minimum Gasteiger partial charge on any atom is -0.496 e. The van der Waals surface area contributed by atoms with Gasteiger partial charge < -0.3 is 34.1 Å². The van der Waals surface area contributed by atoms with Gasteiger partial charge in [0, 0.05) is 67.6 Å². The molecule has 1 saturated carbocycles. The highest BCUT2D eigenvalue weighted by molar-refractivity contribution is 5.97. The maximum absolute atomic E-state index is 13.8. The molecule has 2 unspecified atom stereocenters. The summed E-state index contributed by atoms with van der Waals surface area (Å²) in [6.07, 6.45) is 7.35. The van der Waals surface area contributed by atoms with Crippen LogP contribution in [0, 0.1) is 13.8 Å². The molecule has 0 radical (unpaired) electrons. The molecule has 6 rings (SSSR count). The number of hydrogen-bond donors (Lipinski definition) is 2. The Bertz CT molecular complexity index is 1420. The van der Waals surface area contributed by atoms with Crippen molar-refractivity contribution in [3.05, 3.63) is 50.9 Å². The molecule has 1 amide bonds. The zero-order valence-electron chi connectivity index (χ0n) is 27.7. The molecule has 2 bridgehead atoms. The molecule has 4 fully saturated rings. The van der Waals surface area contributed by atoms with Crippen LogP contribution >= 0.6 is 0 Å². The molecule has 4 heterocycles. The fourth-order valence-corrected chi connectivity index (χ4v) is 7.93. The zero-order chi connectivity index (χ0) is 31.8. The number of H-pyrrole nitrogens is 1. The highest BCUT2D eigenvalue weighted by Crippen LogP contribution is 2.40. The standard InChI is InChI=1S/C35H50N4O6/c1-7-39(25-13-26-8-9-27(14-25)44-26)32-16-29(45-28-11-24(12-28)38-18-21(3)43-22(4)19-38)15-30(23(32)5)34(40)36-17-31-33(42-6)10-20(2)37-35(31)41/h10,15-16,21-22,24-28H,7-9,11-14,17-19H2,1-6H3,(H,36,40)(H,37,41)/t21-,22+,24?,25?,26?,27?,28?. The second-order valence-corrected chi connectivity index (χ2v) is 13.6. The summed E-state index contributed by atoms with van der Waals surface area (Å²) in [4.78, 5) is 34.3. The molecular weight excluding hydrogens is 572 g/mol. The van der Waals surface area contributed by atoms with Gasteiger partial charge >= 0.3 is 0 Å². The number of aryl methyl sites for hydroxylation is 1. The number of nitrogens with zero attached hydrogens (tertiary/aromatic N) is 2. The van der Waals surface area contributed by atoms with Crippen molar-refractivity contribution in [2.24, 2.45) is 0 Å². The van der Waals surface area contributed by atoms with Crippen molar-refractivity contribution in [2.45, 2.75) is 122 Å². The third-order valence-electron chi connectivity index (χ3n) is 10.2. The van der Waals surface area contributed by atoms with E-state index in [1.807, 2.05) is 13.0 Å².